The summed E-state index contributed by atoms with van der Waals surface area (Å²) in [6.07, 6.45) is 0. The van der Waals surface area contributed by atoms with Crippen LogP contribution in [0.15, 0.2) is 57.9 Å². The molecule has 0 aromatic heterocycles. The van der Waals surface area contributed by atoms with E-state index < -0.39 is 16.0 Å². The molecule has 0 aliphatic carbocycles. The van der Waals surface area contributed by atoms with Crippen LogP contribution < -0.4 is 11.1 Å². The van der Waals surface area contributed by atoms with Gasteiger partial charge in [-0.05, 0) is 59.3 Å². The van der Waals surface area contributed by atoms with Gasteiger partial charge in [-0.2, -0.15) is 0 Å². The van der Waals surface area contributed by atoms with Gasteiger partial charge in [0.2, 0.25) is 5.91 Å². The van der Waals surface area contributed by atoms with Gasteiger partial charge in [-0.3, -0.25) is 9.00 Å². The van der Waals surface area contributed by atoms with Crippen LogP contribution in [0.1, 0.15) is 6.92 Å². The molecule has 0 fully saturated rings. The standard InChI is InChI=1S/C15H15BrN2O2S/c1-10(21(20)14-5-3-2-4-13(14)16)15(19)18-12-8-6-11(17)7-9-12/h2-10H,17H2,1H3,(H,18,19). The molecule has 2 atom stereocenters. The fraction of sp³-hybridized carbons (Fsp3) is 0.133. The molecule has 6 heteroatoms. The smallest absolute Gasteiger partial charge is 0.240 e. The Morgan fingerprint density at radius 1 is 1.19 bits per heavy atom. The van der Waals surface area contributed by atoms with Gasteiger partial charge in [0, 0.05) is 15.8 Å². The van der Waals surface area contributed by atoms with Crippen LogP contribution in [-0.2, 0) is 15.6 Å². The van der Waals surface area contributed by atoms with Crippen molar-refractivity contribution in [2.75, 3.05) is 11.1 Å². The number of nitrogens with one attached hydrogen (secondary N) is 1. The van der Waals surface area contributed by atoms with E-state index in [2.05, 4.69) is 21.2 Å². The Bertz CT molecular complexity index is 674. The fourth-order valence-electron chi connectivity index (χ4n) is 1.71. The molecule has 2 rings (SSSR count). The SMILES string of the molecule is CC(C(=O)Nc1ccc(N)cc1)S(=O)c1ccccc1Br. The second-order valence-corrected chi connectivity index (χ2v) is 7.08. The first-order valence-corrected chi connectivity index (χ1v) is 8.31. The number of benzene rings is 2. The van der Waals surface area contributed by atoms with Gasteiger partial charge in [-0.15, -0.1) is 0 Å². The predicted octanol–water partition coefficient (Wildman–Crippen LogP) is 3.17. The molecule has 110 valence electrons. The lowest BCUT2D eigenvalue weighted by molar-refractivity contribution is -0.115. The van der Waals surface area contributed by atoms with Crippen molar-refractivity contribution in [3.05, 3.63) is 53.0 Å². The van der Waals surface area contributed by atoms with Crippen molar-refractivity contribution in [3.8, 4) is 0 Å². The van der Waals surface area contributed by atoms with Crippen molar-refractivity contribution in [3.63, 3.8) is 0 Å². The minimum atomic E-state index is -1.43. The number of nitrogen functional groups attached to an aromatic ring is 1. The highest BCUT2D eigenvalue weighted by molar-refractivity contribution is 9.10. The number of hydrogen-bond donors (Lipinski definition) is 2. The van der Waals surface area contributed by atoms with Crippen LogP contribution in [0.2, 0.25) is 0 Å². The molecule has 1 amide bonds. The molecular weight excluding hydrogens is 352 g/mol. The first kappa shape index (κ1) is 15.7. The number of anilines is 2. The first-order valence-electron chi connectivity index (χ1n) is 6.30. The van der Waals surface area contributed by atoms with Crippen LogP contribution in [0.4, 0.5) is 11.4 Å². The van der Waals surface area contributed by atoms with Crippen LogP contribution >= 0.6 is 15.9 Å². The number of nitrogens with two attached hydrogens (primary N) is 1. The Kier molecular flexibility index (Phi) is 5.14. The Labute approximate surface area is 134 Å². The van der Waals surface area contributed by atoms with Gasteiger partial charge in [-0.25, -0.2) is 0 Å². The van der Waals surface area contributed by atoms with Crippen LogP contribution in [-0.4, -0.2) is 15.4 Å². The largest absolute Gasteiger partial charge is 0.399 e. The second-order valence-electron chi connectivity index (χ2n) is 4.48. The summed E-state index contributed by atoms with van der Waals surface area (Å²) in [7, 11) is -1.43. The Morgan fingerprint density at radius 2 is 1.81 bits per heavy atom. The summed E-state index contributed by atoms with van der Waals surface area (Å²) in [5.41, 5.74) is 6.84. The summed E-state index contributed by atoms with van der Waals surface area (Å²) in [5.74, 6) is -0.297. The Hall–Kier alpha value is -1.66. The fourth-order valence-corrected chi connectivity index (χ4v) is 3.58. The van der Waals surface area contributed by atoms with Crippen molar-refractivity contribution < 1.29 is 9.00 Å². The zero-order valence-electron chi connectivity index (χ0n) is 11.4. The number of carbonyl (C=O) groups is 1. The molecule has 3 N–H and O–H groups in total. The molecule has 2 aromatic carbocycles. The van der Waals surface area contributed by atoms with Crippen LogP contribution in [0.5, 0.6) is 0 Å². The van der Waals surface area contributed by atoms with E-state index in [1.807, 2.05) is 6.07 Å². The lowest BCUT2D eigenvalue weighted by Gasteiger charge is -2.13. The number of amides is 1. The van der Waals surface area contributed by atoms with Crippen LogP contribution in [0.25, 0.3) is 0 Å². The number of hydrogen-bond acceptors (Lipinski definition) is 3. The highest BCUT2D eigenvalue weighted by Gasteiger charge is 2.22. The van der Waals surface area contributed by atoms with Crippen molar-refractivity contribution in [2.45, 2.75) is 17.1 Å². The molecule has 0 spiro atoms. The van der Waals surface area contributed by atoms with Gasteiger partial charge < -0.3 is 11.1 Å². The molecule has 2 unspecified atom stereocenters. The Balaban J connectivity index is 2.10. The topological polar surface area (TPSA) is 72.2 Å². The number of carbonyl (C=O) groups excluding carboxylic acids is 1. The first-order chi connectivity index (χ1) is 9.99. The molecular formula is C15H15BrN2O2S. The minimum Gasteiger partial charge on any atom is -0.399 e. The molecule has 2 aromatic rings. The third kappa shape index (κ3) is 3.92. The summed E-state index contributed by atoms with van der Waals surface area (Å²) in [4.78, 5) is 12.8. The third-order valence-electron chi connectivity index (χ3n) is 2.92. The second kappa shape index (κ2) is 6.87. The zero-order valence-corrected chi connectivity index (χ0v) is 13.8. The lowest BCUT2D eigenvalue weighted by atomic mass is 10.3. The molecule has 0 aliphatic heterocycles. The van der Waals surface area contributed by atoms with Gasteiger partial charge in [0.15, 0.2) is 0 Å². The van der Waals surface area contributed by atoms with E-state index in [9.17, 15) is 9.00 Å². The van der Waals surface area contributed by atoms with E-state index in [0.29, 0.717) is 16.3 Å². The summed E-state index contributed by atoms with van der Waals surface area (Å²) in [6.45, 7) is 1.64. The summed E-state index contributed by atoms with van der Waals surface area (Å²) >= 11 is 3.35. The van der Waals surface area contributed by atoms with Gasteiger partial charge in [0.05, 0.1) is 15.7 Å². The van der Waals surface area contributed by atoms with Crippen molar-refractivity contribution >= 4 is 44.0 Å². The molecule has 4 nitrogen and oxygen atoms in total. The van der Waals surface area contributed by atoms with Gasteiger partial charge >= 0.3 is 0 Å². The predicted molar refractivity (Wildman–Crippen MR) is 89.5 cm³/mol. The maximum Gasteiger partial charge on any atom is 0.240 e. The molecule has 0 heterocycles. The van der Waals surface area contributed by atoms with Crippen molar-refractivity contribution in [1.29, 1.82) is 0 Å². The molecule has 0 radical (unpaired) electrons. The molecule has 0 aliphatic rings. The lowest BCUT2D eigenvalue weighted by Crippen LogP contribution is -2.29. The van der Waals surface area contributed by atoms with Gasteiger partial charge in [-0.1, -0.05) is 12.1 Å². The molecule has 0 saturated carbocycles. The minimum absolute atomic E-state index is 0.297. The summed E-state index contributed by atoms with van der Waals surface area (Å²) in [6, 6.07) is 14.0. The molecule has 21 heavy (non-hydrogen) atoms. The monoisotopic (exact) mass is 366 g/mol. The van der Waals surface area contributed by atoms with Crippen molar-refractivity contribution in [1.82, 2.24) is 0 Å². The van der Waals surface area contributed by atoms with E-state index in [1.165, 1.54) is 0 Å². The van der Waals surface area contributed by atoms with E-state index in [0.717, 1.165) is 4.47 Å². The maximum absolute atomic E-state index is 12.5. The highest BCUT2D eigenvalue weighted by Crippen LogP contribution is 2.22. The summed E-state index contributed by atoms with van der Waals surface area (Å²) < 4.78 is 13.2. The average molecular weight is 367 g/mol. The van der Waals surface area contributed by atoms with E-state index in [4.69, 9.17) is 5.73 Å². The van der Waals surface area contributed by atoms with E-state index in [-0.39, 0.29) is 5.91 Å². The van der Waals surface area contributed by atoms with Gasteiger partial charge in [0.25, 0.3) is 0 Å². The van der Waals surface area contributed by atoms with Crippen LogP contribution in [0.3, 0.4) is 0 Å². The zero-order chi connectivity index (χ0) is 15.4. The maximum atomic E-state index is 12.5. The quantitative estimate of drug-likeness (QED) is 0.816. The Morgan fingerprint density at radius 3 is 2.43 bits per heavy atom. The van der Waals surface area contributed by atoms with Crippen molar-refractivity contribution in [2.24, 2.45) is 0 Å². The van der Waals surface area contributed by atoms with E-state index in [1.54, 1.807) is 49.4 Å². The highest BCUT2D eigenvalue weighted by atomic mass is 79.9. The number of rotatable bonds is 4. The molecule has 0 bridgehead atoms. The summed E-state index contributed by atoms with van der Waals surface area (Å²) in [5, 5.41) is 2.07. The number of halogens is 1. The third-order valence-corrected chi connectivity index (χ3v) is 5.52. The van der Waals surface area contributed by atoms with Crippen LogP contribution in [0, 0.1) is 0 Å². The average Bonchev–Trinajstić information content (AvgIpc) is 2.48. The normalized spacial score (nSPS) is 13.4. The van der Waals surface area contributed by atoms with Gasteiger partial charge in [0.1, 0.15) is 5.25 Å². The van der Waals surface area contributed by atoms with E-state index >= 15 is 0 Å². The molecule has 0 saturated heterocycles.